The Morgan fingerprint density at radius 2 is 1.79 bits per heavy atom. The molecule has 2 aliphatic heterocycles. The summed E-state index contributed by atoms with van der Waals surface area (Å²) < 4.78 is 11.6. The van der Waals surface area contributed by atoms with Crippen molar-refractivity contribution in [2.24, 2.45) is 0 Å². The molecule has 0 N–H and O–H groups in total. The zero-order valence-corrected chi connectivity index (χ0v) is 17.3. The number of fused-ring (bicyclic) bond motifs is 1. The maximum absolute atomic E-state index is 11.8. The third kappa shape index (κ3) is 4.23. The molecular weight excluding hydrogens is 362 g/mol. The second-order valence-corrected chi connectivity index (χ2v) is 7.85. The van der Waals surface area contributed by atoms with E-state index >= 15 is 0 Å². The molecule has 1 spiro atoms. The second-order valence-electron chi connectivity index (χ2n) is 7.85. The van der Waals surface area contributed by atoms with Gasteiger partial charge < -0.3 is 9.47 Å². The van der Waals surface area contributed by atoms with E-state index < -0.39 is 0 Å². The number of rotatable bonds is 5. The van der Waals surface area contributed by atoms with Crippen molar-refractivity contribution >= 4 is 11.5 Å². The standard InChI is InChI=1S/C25H29NO3/c1-3-19-9-11-20(12-10-19)22-17-25(29-23-8-6-5-7-21(22)23)13-15-26(16-14-25)18-24(27)28-4-2/h5-12,17H,3-4,13-16,18H2,1-2H3. The van der Waals surface area contributed by atoms with E-state index in [1.165, 1.54) is 16.7 Å². The normalized spacial score (nSPS) is 17.9. The molecule has 0 bridgehead atoms. The van der Waals surface area contributed by atoms with Gasteiger partial charge in [0.15, 0.2) is 0 Å². The summed E-state index contributed by atoms with van der Waals surface area (Å²) >= 11 is 0. The molecule has 0 amide bonds. The van der Waals surface area contributed by atoms with Gasteiger partial charge in [-0.1, -0.05) is 49.4 Å². The van der Waals surface area contributed by atoms with Crippen molar-refractivity contribution in [1.29, 1.82) is 0 Å². The molecule has 1 saturated heterocycles. The number of carbonyl (C=O) groups excluding carboxylic acids is 1. The minimum absolute atomic E-state index is 0.148. The van der Waals surface area contributed by atoms with Gasteiger partial charge in [0, 0.05) is 31.5 Å². The first kappa shape index (κ1) is 19.7. The molecule has 2 aromatic rings. The number of aryl methyl sites for hydroxylation is 1. The Morgan fingerprint density at radius 1 is 1.07 bits per heavy atom. The van der Waals surface area contributed by atoms with Crippen LogP contribution in [0.2, 0.25) is 0 Å². The molecule has 4 rings (SSSR count). The summed E-state index contributed by atoms with van der Waals surface area (Å²) in [5.41, 5.74) is 4.64. The first-order valence-corrected chi connectivity index (χ1v) is 10.6. The van der Waals surface area contributed by atoms with Gasteiger partial charge in [-0.3, -0.25) is 9.69 Å². The molecular formula is C25H29NO3. The van der Waals surface area contributed by atoms with Crippen molar-refractivity contribution in [3.8, 4) is 5.75 Å². The molecule has 0 saturated carbocycles. The van der Waals surface area contributed by atoms with E-state index in [2.05, 4.69) is 60.4 Å². The smallest absolute Gasteiger partial charge is 0.320 e. The third-order valence-electron chi connectivity index (χ3n) is 5.93. The molecule has 0 unspecified atom stereocenters. The molecule has 0 aliphatic carbocycles. The van der Waals surface area contributed by atoms with Crippen LogP contribution in [0.1, 0.15) is 43.4 Å². The molecule has 0 atom stereocenters. The summed E-state index contributed by atoms with van der Waals surface area (Å²) in [6.07, 6.45) is 5.08. The van der Waals surface area contributed by atoms with E-state index in [0.717, 1.165) is 43.7 Å². The summed E-state index contributed by atoms with van der Waals surface area (Å²) in [5, 5.41) is 0. The maximum atomic E-state index is 11.8. The van der Waals surface area contributed by atoms with Crippen molar-refractivity contribution in [1.82, 2.24) is 4.90 Å². The van der Waals surface area contributed by atoms with E-state index in [4.69, 9.17) is 9.47 Å². The number of hydrogen-bond acceptors (Lipinski definition) is 4. The molecule has 152 valence electrons. The Balaban J connectivity index is 1.59. The van der Waals surface area contributed by atoms with Crippen LogP contribution in [-0.2, 0) is 16.0 Å². The monoisotopic (exact) mass is 391 g/mol. The Bertz CT molecular complexity index is 893. The topological polar surface area (TPSA) is 38.8 Å². The number of esters is 1. The predicted octanol–water partition coefficient (Wildman–Crippen LogP) is 4.47. The average Bonchev–Trinajstić information content (AvgIpc) is 2.75. The zero-order chi connectivity index (χ0) is 20.3. The summed E-state index contributed by atoms with van der Waals surface area (Å²) in [4.78, 5) is 14.0. The summed E-state index contributed by atoms with van der Waals surface area (Å²) in [5.74, 6) is 0.800. The lowest BCUT2D eigenvalue weighted by molar-refractivity contribution is -0.145. The first-order valence-electron chi connectivity index (χ1n) is 10.6. The Morgan fingerprint density at radius 3 is 2.48 bits per heavy atom. The highest BCUT2D eigenvalue weighted by Gasteiger charge is 2.39. The number of ether oxygens (including phenoxy) is 2. The van der Waals surface area contributed by atoms with Gasteiger partial charge >= 0.3 is 5.97 Å². The van der Waals surface area contributed by atoms with Gasteiger partial charge in [0.2, 0.25) is 0 Å². The number of para-hydroxylation sites is 1. The van der Waals surface area contributed by atoms with Crippen LogP contribution in [0.3, 0.4) is 0 Å². The van der Waals surface area contributed by atoms with E-state index in [1.807, 2.05) is 13.0 Å². The molecule has 4 heteroatoms. The fourth-order valence-corrected chi connectivity index (χ4v) is 4.25. The summed E-state index contributed by atoms with van der Waals surface area (Å²) in [6.45, 7) is 6.45. The number of benzene rings is 2. The van der Waals surface area contributed by atoms with Crippen molar-refractivity contribution in [3.63, 3.8) is 0 Å². The lowest BCUT2D eigenvalue weighted by Crippen LogP contribution is -2.49. The van der Waals surface area contributed by atoms with Crippen LogP contribution in [0, 0.1) is 0 Å². The van der Waals surface area contributed by atoms with Crippen molar-refractivity contribution in [3.05, 3.63) is 71.3 Å². The fourth-order valence-electron chi connectivity index (χ4n) is 4.25. The molecule has 0 radical (unpaired) electrons. The van der Waals surface area contributed by atoms with E-state index in [1.54, 1.807) is 0 Å². The molecule has 2 aliphatic rings. The number of hydrogen-bond donors (Lipinski definition) is 0. The van der Waals surface area contributed by atoms with Crippen LogP contribution in [0.25, 0.3) is 5.57 Å². The van der Waals surface area contributed by atoms with Gasteiger partial charge in [0.25, 0.3) is 0 Å². The number of piperidine rings is 1. The van der Waals surface area contributed by atoms with E-state index in [0.29, 0.717) is 13.2 Å². The molecule has 4 nitrogen and oxygen atoms in total. The Labute approximate surface area is 173 Å². The second kappa shape index (κ2) is 8.42. The van der Waals surface area contributed by atoms with E-state index in [9.17, 15) is 4.79 Å². The summed E-state index contributed by atoms with van der Waals surface area (Å²) in [7, 11) is 0. The fraction of sp³-hybridized carbons (Fsp3) is 0.400. The Kier molecular flexibility index (Phi) is 5.72. The molecule has 1 fully saturated rings. The van der Waals surface area contributed by atoms with Crippen LogP contribution >= 0.6 is 0 Å². The van der Waals surface area contributed by atoms with Gasteiger partial charge in [-0.05, 0) is 42.2 Å². The molecule has 29 heavy (non-hydrogen) atoms. The lowest BCUT2D eigenvalue weighted by Gasteiger charge is -2.43. The van der Waals surface area contributed by atoms with Gasteiger partial charge in [-0.2, -0.15) is 0 Å². The molecule has 2 heterocycles. The minimum atomic E-state index is -0.321. The van der Waals surface area contributed by atoms with Crippen molar-refractivity contribution < 1.29 is 14.3 Å². The SMILES string of the molecule is CCOC(=O)CN1CCC2(C=C(c3ccc(CC)cc3)c3ccccc3O2)CC1. The first-order chi connectivity index (χ1) is 14.1. The lowest BCUT2D eigenvalue weighted by atomic mass is 9.83. The highest BCUT2D eigenvalue weighted by atomic mass is 16.5. The zero-order valence-electron chi connectivity index (χ0n) is 17.3. The highest BCUT2D eigenvalue weighted by Crippen LogP contribution is 2.43. The third-order valence-corrected chi connectivity index (χ3v) is 5.93. The quantitative estimate of drug-likeness (QED) is 0.705. The van der Waals surface area contributed by atoms with Crippen LogP contribution in [0.4, 0.5) is 0 Å². The highest BCUT2D eigenvalue weighted by molar-refractivity contribution is 5.85. The largest absolute Gasteiger partial charge is 0.482 e. The van der Waals surface area contributed by atoms with E-state index in [-0.39, 0.29) is 11.6 Å². The number of carbonyl (C=O) groups is 1. The molecule has 2 aromatic carbocycles. The van der Waals surface area contributed by atoms with Crippen molar-refractivity contribution in [2.45, 2.75) is 38.7 Å². The van der Waals surface area contributed by atoms with Crippen LogP contribution < -0.4 is 4.74 Å². The number of nitrogens with zero attached hydrogens (tertiary/aromatic N) is 1. The van der Waals surface area contributed by atoms with Crippen LogP contribution in [0.5, 0.6) is 5.75 Å². The summed E-state index contributed by atoms with van der Waals surface area (Å²) in [6, 6.07) is 17.2. The minimum Gasteiger partial charge on any atom is -0.482 e. The van der Waals surface area contributed by atoms with Crippen molar-refractivity contribution in [2.75, 3.05) is 26.2 Å². The Hall–Kier alpha value is -2.59. The van der Waals surface area contributed by atoms with Gasteiger partial charge in [0.05, 0.1) is 13.2 Å². The average molecular weight is 392 g/mol. The van der Waals surface area contributed by atoms with Gasteiger partial charge in [-0.25, -0.2) is 0 Å². The predicted molar refractivity (Wildman–Crippen MR) is 115 cm³/mol. The molecule has 0 aromatic heterocycles. The van der Waals surface area contributed by atoms with Gasteiger partial charge in [-0.15, -0.1) is 0 Å². The van der Waals surface area contributed by atoms with Gasteiger partial charge in [0.1, 0.15) is 11.4 Å². The number of likely N-dealkylation sites (tertiary alicyclic amines) is 1. The van der Waals surface area contributed by atoms with Crippen LogP contribution in [-0.4, -0.2) is 42.7 Å². The van der Waals surface area contributed by atoms with Crippen LogP contribution in [0.15, 0.2) is 54.6 Å². The maximum Gasteiger partial charge on any atom is 0.320 e.